The molecule has 0 aliphatic carbocycles. The van der Waals surface area contributed by atoms with Gasteiger partial charge in [0, 0.05) is 12.2 Å². The summed E-state index contributed by atoms with van der Waals surface area (Å²) in [4.78, 5) is 14.1. The summed E-state index contributed by atoms with van der Waals surface area (Å²) in [6.07, 6.45) is -5.69. The van der Waals surface area contributed by atoms with Crippen LogP contribution in [0.15, 0.2) is 54.6 Å². The molecule has 2 aromatic carbocycles. The molecule has 1 aliphatic rings. The molecule has 2 aromatic rings. The molecule has 3 nitrogen and oxygen atoms in total. The van der Waals surface area contributed by atoms with Crippen LogP contribution in [0.5, 0.6) is 0 Å². The number of nitrogens with zero attached hydrogens (tertiary/aromatic N) is 1. The molecule has 1 saturated heterocycles. The maximum absolute atomic E-state index is 13.0. The zero-order valence-electron chi connectivity index (χ0n) is 16.5. The number of nitrogens with one attached hydrogen (secondary N) is 1. The van der Waals surface area contributed by atoms with Crippen LogP contribution in [0.25, 0.3) is 6.08 Å². The molecule has 0 aromatic heterocycles. The Labute approximate surface area is 175 Å². The number of halogens is 6. The molecule has 2 atom stereocenters. The van der Waals surface area contributed by atoms with E-state index >= 15 is 0 Å². The van der Waals surface area contributed by atoms with Gasteiger partial charge in [0.25, 0.3) is 0 Å². The van der Waals surface area contributed by atoms with Crippen LogP contribution in [0.1, 0.15) is 30.0 Å². The minimum atomic E-state index is -4.98. The fraction of sp³-hybridized carbons (Fsp3) is 0.318. The van der Waals surface area contributed by atoms with Crippen LogP contribution in [-0.2, 0) is 12.4 Å². The smallest absolute Gasteiger partial charge is 0.318 e. The Morgan fingerprint density at radius 3 is 2.13 bits per heavy atom. The Balaban J connectivity index is 1.83. The topological polar surface area (TPSA) is 32.3 Å². The molecule has 166 valence electrons. The summed E-state index contributed by atoms with van der Waals surface area (Å²) in [6.45, 7) is 2.25. The number of carbonyl (C=O) groups excluding carboxylic acids is 1. The van der Waals surface area contributed by atoms with Crippen molar-refractivity contribution < 1.29 is 31.1 Å². The zero-order valence-corrected chi connectivity index (χ0v) is 16.5. The molecule has 1 unspecified atom stereocenters. The molecule has 1 fully saturated rings. The van der Waals surface area contributed by atoms with Gasteiger partial charge in [-0.3, -0.25) is 0 Å². The second kappa shape index (κ2) is 8.64. The molecule has 1 aliphatic heterocycles. The highest BCUT2D eigenvalue weighted by Crippen LogP contribution is 2.37. The second-order valence-electron chi connectivity index (χ2n) is 7.56. The van der Waals surface area contributed by atoms with E-state index in [1.807, 2.05) is 49.4 Å². The van der Waals surface area contributed by atoms with Crippen LogP contribution in [0, 0.1) is 5.92 Å². The third kappa shape index (κ3) is 5.80. The summed E-state index contributed by atoms with van der Waals surface area (Å²) in [5, 5.41) is 2.21. The van der Waals surface area contributed by atoms with Gasteiger partial charge in [-0.2, -0.15) is 26.3 Å². The van der Waals surface area contributed by atoms with Crippen molar-refractivity contribution in [2.24, 2.45) is 5.92 Å². The molecule has 0 radical (unpaired) electrons. The summed E-state index contributed by atoms with van der Waals surface area (Å²) < 4.78 is 78.3. The molecule has 0 spiro atoms. The van der Waals surface area contributed by atoms with Gasteiger partial charge in [0.05, 0.1) is 17.2 Å². The molecule has 31 heavy (non-hydrogen) atoms. The van der Waals surface area contributed by atoms with Gasteiger partial charge in [-0.15, -0.1) is 0 Å². The van der Waals surface area contributed by atoms with E-state index in [0.717, 1.165) is 5.56 Å². The highest BCUT2D eigenvalue weighted by molar-refractivity contribution is 5.90. The number of urea groups is 1. The van der Waals surface area contributed by atoms with Gasteiger partial charge in [0.2, 0.25) is 0 Å². The van der Waals surface area contributed by atoms with Crippen molar-refractivity contribution in [3.05, 3.63) is 71.3 Å². The van der Waals surface area contributed by atoms with Crippen molar-refractivity contribution >= 4 is 17.8 Å². The number of anilines is 1. The Morgan fingerprint density at radius 1 is 1.00 bits per heavy atom. The van der Waals surface area contributed by atoms with Crippen molar-refractivity contribution in [3.63, 3.8) is 0 Å². The van der Waals surface area contributed by atoms with Gasteiger partial charge in [0.1, 0.15) is 0 Å². The largest absolute Gasteiger partial charge is 0.416 e. The Kier molecular flexibility index (Phi) is 6.33. The van der Waals surface area contributed by atoms with Crippen molar-refractivity contribution in [1.29, 1.82) is 0 Å². The average molecular weight is 442 g/mol. The van der Waals surface area contributed by atoms with E-state index in [0.29, 0.717) is 25.1 Å². The normalized spacial score (nSPS) is 19.8. The van der Waals surface area contributed by atoms with Crippen LogP contribution in [-0.4, -0.2) is 23.5 Å². The summed E-state index contributed by atoms with van der Waals surface area (Å²) in [5.41, 5.74) is -2.60. The fourth-order valence-corrected chi connectivity index (χ4v) is 3.51. The van der Waals surface area contributed by atoms with Crippen LogP contribution in [0.2, 0.25) is 0 Å². The predicted octanol–water partition coefficient (Wildman–Crippen LogP) is 6.68. The second-order valence-corrected chi connectivity index (χ2v) is 7.56. The van der Waals surface area contributed by atoms with Gasteiger partial charge >= 0.3 is 18.4 Å². The van der Waals surface area contributed by atoms with Crippen LogP contribution in [0.4, 0.5) is 36.8 Å². The minimum absolute atomic E-state index is 0.0268. The molecular weight excluding hydrogens is 422 g/mol. The van der Waals surface area contributed by atoms with E-state index in [9.17, 15) is 31.1 Å². The Hall–Kier alpha value is -2.97. The van der Waals surface area contributed by atoms with E-state index in [4.69, 9.17) is 0 Å². The summed E-state index contributed by atoms with van der Waals surface area (Å²) in [6, 6.07) is 9.27. The molecule has 2 amide bonds. The van der Waals surface area contributed by atoms with Crippen LogP contribution < -0.4 is 5.32 Å². The minimum Gasteiger partial charge on any atom is -0.318 e. The predicted molar refractivity (Wildman–Crippen MR) is 105 cm³/mol. The Morgan fingerprint density at radius 2 is 1.58 bits per heavy atom. The number of carbonyl (C=O) groups is 1. The summed E-state index contributed by atoms with van der Waals surface area (Å²) in [5.74, 6) is 0.128. The standard InChI is InChI=1S/C22H20F6N2O/c1-14-9-19(8-7-15-5-3-2-4-6-15)30(13-14)20(31)29-18-11-16(21(23,24)25)10-17(12-18)22(26,27)28/h2-8,10-12,14,19H,9,13H2,1H3,(H,29,31)/b8-7+/t14?,19-/m1/s1. The Bertz CT molecular complexity index is 920. The molecule has 1 N–H and O–H groups in total. The van der Waals surface area contributed by atoms with Gasteiger partial charge in [-0.25, -0.2) is 4.79 Å². The maximum Gasteiger partial charge on any atom is 0.416 e. The number of likely N-dealkylation sites (tertiary alicyclic amines) is 1. The van der Waals surface area contributed by atoms with Crippen molar-refractivity contribution in [3.8, 4) is 0 Å². The van der Waals surface area contributed by atoms with E-state index in [2.05, 4.69) is 5.32 Å². The zero-order chi connectivity index (χ0) is 22.8. The maximum atomic E-state index is 13.0. The average Bonchev–Trinajstić information content (AvgIpc) is 3.06. The quantitative estimate of drug-likeness (QED) is 0.529. The van der Waals surface area contributed by atoms with E-state index < -0.39 is 35.2 Å². The number of rotatable bonds is 3. The highest BCUT2D eigenvalue weighted by Gasteiger charge is 2.38. The molecule has 0 bridgehead atoms. The van der Waals surface area contributed by atoms with E-state index in [-0.39, 0.29) is 18.0 Å². The lowest BCUT2D eigenvalue weighted by molar-refractivity contribution is -0.143. The molecule has 9 heteroatoms. The number of benzene rings is 2. The van der Waals surface area contributed by atoms with Crippen LogP contribution >= 0.6 is 0 Å². The van der Waals surface area contributed by atoms with Crippen molar-refractivity contribution in [2.75, 3.05) is 11.9 Å². The van der Waals surface area contributed by atoms with Gasteiger partial charge < -0.3 is 10.2 Å². The first-order valence-corrected chi connectivity index (χ1v) is 9.54. The van der Waals surface area contributed by atoms with E-state index in [1.165, 1.54) is 4.90 Å². The highest BCUT2D eigenvalue weighted by atomic mass is 19.4. The number of hydrogen-bond acceptors (Lipinski definition) is 1. The first-order chi connectivity index (χ1) is 14.4. The first-order valence-electron chi connectivity index (χ1n) is 9.54. The summed E-state index contributed by atoms with van der Waals surface area (Å²) in [7, 11) is 0. The molecular formula is C22H20F6N2O. The lowest BCUT2D eigenvalue weighted by atomic mass is 10.1. The fourth-order valence-electron chi connectivity index (χ4n) is 3.51. The lowest BCUT2D eigenvalue weighted by Gasteiger charge is -2.23. The van der Waals surface area contributed by atoms with Crippen LogP contribution in [0.3, 0.4) is 0 Å². The third-order valence-electron chi connectivity index (χ3n) is 4.96. The van der Waals surface area contributed by atoms with Gasteiger partial charge in [-0.05, 0) is 36.1 Å². The van der Waals surface area contributed by atoms with Crippen molar-refractivity contribution in [2.45, 2.75) is 31.7 Å². The molecule has 3 rings (SSSR count). The van der Waals surface area contributed by atoms with Gasteiger partial charge in [-0.1, -0.05) is 49.4 Å². The number of hydrogen-bond donors (Lipinski definition) is 1. The molecule has 1 heterocycles. The number of alkyl halides is 6. The summed E-state index contributed by atoms with van der Waals surface area (Å²) >= 11 is 0. The van der Waals surface area contributed by atoms with Gasteiger partial charge in [0.15, 0.2) is 0 Å². The van der Waals surface area contributed by atoms with E-state index in [1.54, 1.807) is 0 Å². The lowest BCUT2D eigenvalue weighted by Crippen LogP contribution is -2.38. The third-order valence-corrected chi connectivity index (χ3v) is 4.96. The van der Waals surface area contributed by atoms with Crippen molar-refractivity contribution in [1.82, 2.24) is 4.90 Å². The first kappa shape index (κ1) is 22.7. The monoisotopic (exact) mass is 442 g/mol. The SMILES string of the molecule is CC1C[C@@H](/C=C/c2ccccc2)N(C(=O)Nc2cc(C(F)(F)F)cc(C(F)(F)F)c2)C1. The number of amides is 2. The molecule has 0 saturated carbocycles.